The maximum Gasteiger partial charge on any atom is 0.0648 e. The molecule has 1 rings (SSSR count). The summed E-state index contributed by atoms with van der Waals surface area (Å²) in [7, 11) is 0. The van der Waals surface area contributed by atoms with Crippen molar-refractivity contribution in [3.05, 3.63) is 29.8 Å². The van der Waals surface area contributed by atoms with E-state index < -0.39 is 0 Å². The highest BCUT2D eigenvalue weighted by Crippen LogP contribution is 2.13. The van der Waals surface area contributed by atoms with Gasteiger partial charge in [0.25, 0.3) is 0 Å². The monoisotopic (exact) mass is 176 g/mol. The molecule has 4 nitrogen and oxygen atoms in total. The van der Waals surface area contributed by atoms with Crippen molar-refractivity contribution >= 4 is 18.1 Å². The van der Waals surface area contributed by atoms with Crippen LogP contribution in [0.4, 0.5) is 5.69 Å². The van der Waals surface area contributed by atoms with Gasteiger partial charge in [-0.15, -0.1) is 0 Å². The largest absolute Gasteiger partial charge is 0.326 e. The average molecular weight is 176 g/mol. The van der Waals surface area contributed by atoms with E-state index >= 15 is 0 Å². The molecule has 4 heteroatoms. The highest BCUT2D eigenvalue weighted by molar-refractivity contribution is 6.14. The van der Waals surface area contributed by atoms with Crippen LogP contribution in [-0.4, -0.2) is 12.4 Å². The smallest absolute Gasteiger partial charge is 0.0648 e. The summed E-state index contributed by atoms with van der Waals surface area (Å²) >= 11 is 0. The predicted molar refractivity (Wildman–Crippen MR) is 55.2 cm³/mol. The second-order valence-electron chi connectivity index (χ2n) is 2.42. The lowest BCUT2D eigenvalue weighted by atomic mass is 10.2. The minimum absolute atomic E-state index is 0.475. The molecular formula is C9H12N4. The molecule has 0 amide bonds. The van der Waals surface area contributed by atoms with E-state index in [0.29, 0.717) is 6.54 Å². The molecule has 0 aliphatic heterocycles. The molecule has 0 saturated carbocycles. The van der Waals surface area contributed by atoms with Crippen LogP contribution in [0, 0.1) is 5.41 Å². The van der Waals surface area contributed by atoms with Crippen LogP contribution in [0.5, 0.6) is 0 Å². The molecule has 4 N–H and O–H groups in total. The molecule has 0 heterocycles. The summed E-state index contributed by atoms with van der Waals surface area (Å²) in [5, 5.41) is 10.5. The molecule has 0 spiro atoms. The van der Waals surface area contributed by atoms with Crippen LogP contribution in [0.15, 0.2) is 29.4 Å². The summed E-state index contributed by atoms with van der Waals surface area (Å²) in [6, 6.07) is 7.65. The van der Waals surface area contributed by atoms with Gasteiger partial charge in [0.1, 0.15) is 0 Å². The molecule has 0 atom stereocenters. The number of hydrogen-bond acceptors (Lipinski definition) is 4. The highest BCUT2D eigenvalue weighted by atomic mass is 15.3. The first kappa shape index (κ1) is 9.41. The van der Waals surface area contributed by atoms with Gasteiger partial charge >= 0.3 is 0 Å². The molecule has 0 bridgehead atoms. The van der Waals surface area contributed by atoms with Gasteiger partial charge in [-0.05, 0) is 11.6 Å². The zero-order valence-electron chi connectivity index (χ0n) is 7.20. The van der Waals surface area contributed by atoms with E-state index in [1.807, 2.05) is 24.3 Å². The molecule has 0 fully saturated rings. The Morgan fingerprint density at radius 1 is 1.46 bits per heavy atom. The molecule has 1 aromatic carbocycles. The first-order valence-corrected chi connectivity index (χ1v) is 3.94. The van der Waals surface area contributed by atoms with Gasteiger partial charge in [-0.3, -0.25) is 5.43 Å². The summed E-state index contributed by atoms with van der Waals surface area (Å²) in [6.45, 7) is 0.475. The Balaban J connectivity index is 2.74. The molecule has 0 unspecified atom stereocenters. The summed E-state index contributed by atoms with van der Waals surface area (Å²) < 4.78 is 0. The van der Waals surface area contributed by atoms with Crippen LogP contribution in [0.2, 0.25) is 0 Å². The number of anilines is 1. The van der Waals surface area contributed by atoms with Crippen molar-refractivity contribution in [3.63, 3.8) is 0 Å². The van der Waals surface area contributed by atoms with Gasteiger partial charge in [-0.25, -0.2) is 0 Å². The maximum absolute atomic E-state index is 6.73. The van der Waals surface area contributed by atoms with Gasteiger partial charge in [0.15, 0.2) is 0 Å². The average Bonchev–Trinajstić information content (AvgIpc) is 2.19. The number of hydrazone groups is 1. The van der Waals surface area contributed by atoms with E-state index in [2.05, 4.69) is 10.5 Å². The minimum atomic E-state index is 0.475. The van der Waals surface area contributed by atoms with Crippen molar-refractivity contribution in [2.75, 3.05) is 5.43 Å². The first-order valence-electron chi connectivity index (χ1n) is 3.94. The van der Waals surface area contributed by atoms with Crippen LogP contribution in [0.3, 0.4) is 0 Å². The van der Waals surface area contributed by atoms with Crippen LogP contribution in [0.25, 0.3) is 0 Å². The molecule has 1 aromatic rings. The number of benzene rings is 1. The lowest BCUT2D eigenvalue weighted by molar-refractivity contribution is 1.07. The number of nitrogens with one attached hydrogen (secondary N) is 2. The third kappa shape index (κ3) is 2.68. The van der Waals surface area contributed by atoms with Gasteiger partial charge in [0.2, 0.25) is 0 Å². The molecule has 0 aliphatic rings. The van der Waals surface area contributed by atoms with E-state index in [9.17, 15) is 0 Å². The van der Waals surface area contributed by atoms with E-state index in [1.54, 1.807) is 0 Å². The zero-order valence-corrected chi connectivity index (χ0v) is 7.20. The maximum atomic E-state index is 6.73. The van der Waals surface area contributed by atoms with Gasteiger partial charge in [0.05, 0.1) is 11.9 Å². The van der Waals surface area contributed by atoms with E-state index in [1.165, 1.54) is 6.21 Å². The third-order valence-corrected chi connectivity index (χ3v) is 1.57. The Kier molecular flexibility index (Phi) is 3.66. The number of nitrogens with zero attached hydrogens (tertiary/aromatic N) is 1. The predicted octanol–water partition coefficient (Wildman–Crippen LogP) is 1.19. The minimum Gasteiger partial charge on any atom is -0.326 e. The second kappa shape index (κ2) is 5.05. The fraction of sp³-hybridized carbons (Fsp3) is 0.111. The van der Waals surface area contributed by atoms with Crippen molar-refractivity contribution in [2.45, 2.75) is 6.54 Å². The standard InChI is InChI=1S/C9H12N4/c10-5-6-12-13-9-4-2-1-3-8(9)7-11/h1-6,10,13H,7,11H2/b10-5?,12-6-. The van der Waals surface area contributed by atoms with E-state index in [4.69, 9.17) is 11.1 Å². The van der Waals surface area contributed by atoms with Gasteiger partial charge < -0.3 is 11.1 Å². The normalized spacial score (nSPS) is 10.2. The highest BCUT2D eigenvalue weighted by Gasteiger charge is 1.95. The van der Waals surface area contributed by atoms with Crippen LogP contribution in [-0.2, 0) is 6.54 Å². The Labute approximate surface area is 77.0 Å². The lowest BCUT2D eigenvalue weighted by Crippen LogP contribution is -2.01. The fourth-order valence-electron chi connectivity index (χ4n) is 0.951. The Hall–Kier alpha value is -1.68. The molecular weight excluding hydrogens is 164 g/mol. The Morgan fingerprint density at radius 2 is 2.23 bits per heavy atom. The molecule has 0 saturated heterocycles. The van der Waals surface area contributed by atoms with Crippen molar-refractivity contribution < 1.29 is 0 Å². The van der Waals surface area contributed by atoms with Crippen molar-refractivity contribution in [3.8, 4) is 0 Å². The summed E-state index contributed by atoms with van der Waals surface area (Å²) in [5.74, 6) is 0. The number of rotatable bonds is 4. The Morgan fingerprint density at radius 3 is 2.92 bits per heavy atom. The van der Waals surface area contributed by atoms with E-state index in [0.717, 1.165) is 17.5 Å². The molecule has 68 valence electrons. The van der Waals surface area contributed by atoms with Crippen molar-refractivity contribution in [1.29, 1.82) is 5.41 Å². The zero-order chi connectivity index (χ0) is 9.52. The summed E-state index contributed by atoms with van der Waals surface area (Å²) in [6.07, 6.45) is 2.48. The summed E-state index contributed by atoms with van der Waals surface area (Å²) in [4.78, 5) is 0. The molecule has 0 aromatic heterocycles. The molecule has 0 radical (unpaired) electrons. The van der Waals surface area contributed by atoms with Crippen LogP contribution >= 0.6 is 0 Å². The first-order chi connectivity index (χ1) is 6.38. The topological polar surface area (TPSA) is 74.3 Å². The molecule has 0 aliphatic carbocycles. The second-order valence-corrected chi connectivity index (χ2v) is 2.42. The quantitative estimate of drug-likeness (QED) is 0.476. The number of para-hydroxylation sites is 1. The SMILES string of the molecule is N=C/C=N\Nc1ccccc1CN. The fourth-order valence-corrected chi connectivity index (χ4v) is 0.951. The number of hydrogen-bond donors (Lipinski definition) is 3. The van der Waals surface area contributed by atoms with E-state index in [-0.39, 0.29) is 0 Å². The lowest BCUT2D eigenvalue weighted by Gasteiger charge is -2.04. The van der Waals surface area contributed by atoms with Crippen LogP contribution < -0.4 is 11.2 Å². The van der Waals surface area contributed by atoms with Gasteiger partial charge in [0, 0.05) is 12.8 Å². The third-order valence-electron chi connectivity index (χ3n) is 1.57. The summed E-state index contributed by atoms with van der Waals surface area (Å²) in [5.41, 5.74) is 10.2. The van der Waals surface area contributed by atoms with Crippen LogP contribution in [0.1, 0.15) is 5.56 Å². The molecule has 13 heavy (non-hydrogen) atoms. The van der Waals surface area contributed by atoms with Crippen molar-refractivity contribution in [1.82, 2.24) is 0 Å². The van der Waals surface area contributed by atoms with Gasteiger partial charge in [-0.2, -0.15) is 5.10 Å². The Bertz CT molecular complexity index is 306. The van der Waals surface area contributed by atoms with Crippen molar-refractivity contribution in [2.24, 2.45) is 10.8 Å². The van der Waals surface area contributed by atoms with Gasteiger partial charge in [-0.1, -0.05) is 18.2 Å². The number of nitrogens with two attached hydrogens (primary N) is 1.